The fourth-order valence-corrected chi connectivity index (χ4v) is 2.24. The van der Waals surface area contributed by atoms with Gasteiger partial charge in [0.25, 0.3) is 5.91 Å². The van der Waals surface area contributed by atoms with Crippen molar-refractivity contribution in [3.05, 3.63) is 34.6 Å². The van der Waals surface area contributed by atoms with Crippen LogP contribution in [0.15, 0.2) is 18.2 Å². The standard InChI is InChI=1S/C13H13ClFNO4/c1-19-13(18)11-7-20-5-4-16(11)12(17)9-3-2-8(15)6-10(9)14/h2-3,6,11H,4-5,7H2,1H3. The van der Waals surface area contributed by atoms with Crippen molar-refractivity contribution < 1.29 is 23.5 Å². The molecule has 5 nitrogen and oxygen atoms in total. The van der Waals surface area contributed by atoms with Gasteiger partial charge in [-0.1, -0.05) is 11.6 Å². The Morgan fingerprint density at radius 2 is 2.25 bits per heavy atom. The fraction of sp³-hybridized carbons (Fsp3) is 0.385. The molecule has 108 valence electrons. The number of hydrogen-bond acceptors (Lipinski definition) is 4. The molecule has 7 heteroatoms. The smallest absolute Gasteiger partial charge is 0.331 e. The lowest BCUT2D eigenvalue weighted by atomic mass is 10.1. The summed E-state index contributed by atoms with van der Waals surface area (Å²) in [7, 11) is 1.24. The van der Waals surface area contributed by atoms with Gasteiger partial charge in [0.15, 0.2) is 6.04 Å². The lowest BCUT2D eigenvalue weighted by Gasteiger charge is -2.33. The summed E-state index contributed by atoms with van der Waals surface area (Å²) in [4.78, 5) is 25.4. The molecule has 1 atom stereocenters. The van der Waals surface area contributed by atoms with E-state index in [1.807, 2.05) is 0 Å². The second-order valence-corrected chi connectivity index (χ2v) is 4.64. The van der Waals surface area contributed by atoms with E-state index in [-0.39, 0.29) is 23.7 Å². The molecule has 1 aromatic rings. The van der Waals surface area contributed by atoms with Crippen LogP contribution in [-0.4, -0.2) is 49.7 Å². The molecule has 1 heterocycles. The number of ether oxygens (including phenoxy) is 2. The molecule has 1 saturated heterocycles. The van der Waals surface area contributed by atoms with Crippen molar-refractivity contribution in [3.63, 3.8) is 0 Å². The van der Waals surface area contributed by atoms with Gasteiger partial charge in [-0.2, -0.15) is 0 Å². The summed E-state index contributed by atoms with van der Waals surface area (Å²) in [6.07, 6.45) is 0. The first-order valence-electron chi connectivity index (χ1n) is 5.96. The number of carbonyl (C=O) groups is 2. The number of benzene rings is 1. The second-order valence-electron chi connectivity index (χ2n) is 4.24. The van der Waals surface area contributed by atoms with E-state index in [1.165, 1.54) is 18.1 Å². The Labute approximate surface area is 120 Å². The second kappa shape index (κ2) is 6.19. The maximum Gasteiger partial charge on any atom is 0.331 e. The topological polar surface area (TPSA) is 55.8 Å². The van der Waals surface area contributed by atoms with Crippen molar-refractivity contribution in [1.29, 1.82) is 0 Å². The van der Waals surface area contributed by atoms with E-state index in [0.29, 0.717) is 6.61 Å². The van der Waals surface area contributed by atoms with Gasteiger partial charge in [-0.05, 0) is 18.2 Å². The van der Waals surface area contributed by atoms with Crippen molar-refractivity contribution in [2.75, 3.05) is 26.9 Å². The van der Waals surface area contributed by atoms with Gasteiger partial charge < -0.3 is 14.4 Å². The minimum Gasteiger partial charge on any atom is -0.467 e. The van der Waals surface area contributed by atoms with Gasteiger partial charge in [0, 0.05) is 6.54 Å². The molecule has 0 spiro atoms. The quantitative estimate of drug-likeness (QED) is 0.777. The van der Waals surface area contributed by atoms with Crippen LogP contribution in [0.5, 0.6) is 0 Å². The maximum atomic E-state index is 13.0. The number of morpholine rings is 1. The minimum absolute atomic E-state index is 0.00473. The van der Waals surface area contributed by atoms with Gasteiger partial charge in [-0.3, -0.25) is 4.79 Å². The highest BCUT2D eigenvalue weighted by molar-refractivity contribution is 6.33. The summed E-state index contributed by atoms with van der Waals surface area (Å²) >= 11 is 5.87. The number of methoxy groups -OCH3 is 1. The third-order valence-corrected chi connectivity index (χ3v) is 3.34. The molecule has 1 aromatic carbocycles. The number of amides is 1. The molecular weight excluding hydrogens is 289 g/mol. The lowest BCUT2D eigenvalue weighted by Crippen LogP contribution is -2.53. The van der Waals surface area contributed by atoms with Crippen LogP contribution < -0.4 is 0 Å². The third kappa shape index (κ3) is 2.91. The van der Waals surface area contributed by atoms with Crippen LogP contribution >= 0.6 is 11.6 Å². The molecule has 0 N–H and O–H groups in total. The van der Waals surface area contributed by atoms with Crippen molar-refractivity contribution >= 4 is 23.5 Å². The number of carbonyl (C=O) groups excluding carboxylic acids is 2. The Hall–Kier alpha value is -1.66. The summed E-state index contributed by atoms with van der Waals surface area (Å²) in [5.74, 6) is -1.54. The normalized spacial score (nSPS) is 18.8. The summed E-state index contributed by atoms with van der Waals surface area (Å²) in [5, 5.41) is 0.00473. The molecule has 1 unspecified atom stereocenters. The van der Waals surface area contributed by atoms with Crippen molar-refractivity contribution in [3.8, 4) is 0 Å². The van der Waals surface area contributed by atoms with Gasteiger partial charge in [0.1, 0.15) is 5.82 Å². The van der Waals surface area contributed by atoms with Crippen molar-refractivity contribution in [1.82, 2.24) is 4.90 Å². The van der Waals surface area contributed by atoms with E-state index in [0.717, 1.165) is 12.1 Å². The van der Waals surface area contributed by atoms with Crippen LogP contribution in [0.1, 0.15) is 10.4 Å². The Morgan fingerprint density at radius 1 is 1.50 bits per heavy atom. The molecule has 0 radical (unpaired) electrons. The number of hydrogen-bond donors (Lipinski definition) is 0. The van der Waals surface area contributed by atoms with Gasteiger partial charge in [-0.25, -0.2) is 9.18 Å². The predicted octanol–water partition coefficient (Wildman–Crippen LogP) is 1.49. The van der Waals surface area contributed by atoms with Gasteiger partial charge in [0.2, 0.25) is 0 Å². The van der Waals surface area contributed by atoms with Crippen LogP contribution in [0, 0.1) is 5.82 Å². The Morgan fingerprint density at radius 3 is 2.90 bits per heavy atom. The summed E-state index contributed by atoms with van der Waals surface area (Å²) in [6, 6.07) is 2.68. The zero-order valence-corrected chi connectivity index (χ0v) is 11.5. The minimum atomic E-state index is -0.817. The predicted molar refractivity (Wildman–Crippen MR) is 69.1 cm³/mol. The van der Waals surface area contributed by atoms with E-state index in [1.54, 1.807) is 0 Å². The fourth-order valence-electron chi connectivity index (χ4n) is 2.00. The first kappa shape index (κ1) is 14.7. The van der Waals surface area contributed by atoms with E-state index in [2.05, 4.69) is 4.74 Å². The molecule has 20 heavy (non-hydrogen) atoms. The number of rotatable bonds is 2. The molecule has 0 aliphatic carbocycles. The molecule has 0 aromatic heterocycles. The summed E-state index contributed by atoms with van der Waals surface area (Å²) in [5.41, 5.74) is 0.142. The number of nitrogens with zero attached hydrogens (tertiary/aromatic N) is 1. The summed E-state index contributed by atoms with van der Waals surface area (Å²) in [6.45, 7) is 0.627. The van der Waals surface area contributed by atoms with Gasteiger partial charge in [-0.15, -0.1) is 0 Å². The maximum absolute atomic E-state index is 13.0. The highest BCUT2D eigenvalue weighted by atomic mass is 35.5. The van der Waals surface area contributed by atoms with Crippen LogP contribution in [0.25, 0.3) is 0 Å². The first-order chi connectivity index (χ1) is 9.54. The van der Waals surface area contributed by atoms with Crippen molar-refractivity contribution in [2.24, 2.45) is 0 Å². The monoisotopic (exact) mass is 301 g/mol. The first-order valence-corrected chi connectivity index (χ1v) is 6.34. The zero-order valence-electron chi connectivity index (χ0n) is 10.8. The van der Waals surface area contributed by atoms with E-state index >= 15 is 0 Å². The highest BCUT2D eigenvalue weighted by Gasteiger charge is 2.34. The number of halogens is 2. The van der Waals surface area contributed by atoms with Gasteiger partial charge >= 0.3 is 5.97 Å². The van der Waals surface area contributed by atoms with Crippen LogP contribution in [0.2, 0.25) is 5.02 Å². The molecule has 2 rings (SSSR count). The number of esters is 1. The Kier molecular flexibility index (Phi) is 4.57. The van der Waals surface area contributed by atoms with Crippen molar-refractivity contribution in [2.45, 2.75) is 6.04 Å². The van der Waals surface area contributed by atoms with Crippen LogP contribution in [0.4, 0.5) is 4.39 Å². The molecule has 0 bridgehead atoms. The van der Waals surface area contributed by atoms with Crippen LogP contribution in [0.3, 0.4) is 0 Å². The average molecular weight is 302 g/mol. The largest absolute Gasteiger partial charge is 0.467 e. The van der Waals surface area contributed by atoms with Gasteiger partial charge in [0.05, 0.1) is 30.9 Å². The molecule has 1 fully saturated rings. The molecular formula is C13H13ClFNO4. The third-order valence-electron chi connectivity index (χ3n) is 3.02. The Balaban J connectivity index is 2.27. The molecule has 0 saturated carbocycles. The molecule has 1 amide bonds. The lowest BCUT2D eigenvalue weighted by molar-refractivity contribution is -0.151. The molecule has 1 aliphatic rings. The zero-order chi connectivity index (χ0) is 14.7. The van der Waals surface area contributed by atoms with E-state index in [4.69, 9.17) is 16.3 Å². The SMILES string of the molecule is COC(=O)C1COCCN1C(=O)c1ccc(F)cc1Cl. The van der Waals surface area contributed by atoms with Crippen LogP contribution in [-0.2, 0) is 14.3 Å². The molecule has 1 aliphatic heterocycles. The average Bonchev–Trinajstić information content (AvgIpc) is 2.46. The summed E-state index contributed by atoms with van der Waals surface area (Å²) < 4.78 is 22.8. The Bertz CT molecular complexity index is 537. The van der Waals surface area contributed by atoms with E-state index < -0.39 is 23.7 Å². The van der Waals surface area contributed by atoms with E-state index in [9.17, 15) is 14.0 Å². The highest BCUT2D eigenvalue weighted by Crippen LogP contribution is 2.21.